The van der Waals surface area contributed by atoms with Gasteiger partial charge in [0.05, 0.1) is 24.2 Å². The lowest BCUT2D eigenvalue weighted by Gasteiger charge is -2.14. The van der Waals surface area contributed by atoms with Gasteiger partial charge in [-0.25, -0.2) is 4.98 Å². The van der Waals surface area contributed by atoms with Crippen LogP contribution in [0.4, 0.5) is 0 Å². The molecule has 26 heavy (non-hydrogen) atoms. The van der Waals surface area contributed by atoms with E-state index in [-0.39, 0.29) is 6.10 Å². The highest BCUT2D eigenvalue weighted by atomic mass is 16.5. The van der Waals surface area contributed by atoms with E-state index in [4.69, 9.17) is 9.47 Å². The van der Waals surface area contributed by atoms with E-state index < -0.39 is 0 Å². The normalized spacial score (nSPS) is 11.2. The fourth-order valence-electron chi connectivity index (χ4n) is 2.91. The van der Waals surface area contributed by atoms with Gasteiger partial charge in [-0.05, 0) is 56.6 Å². The van der Waals surface area contributed by atoms with Crippen molar-refractivity contribution in [1.82, 2.24) is 15.3 Å². The Balaban J connectivity index is 1.45. The van der Waals surface area contributed by atoms with Crippen molar-refractivity contribution in [1.29, 1.82) is 0 Å². The van der Waals surface area contributed by atoms with Crippen LogP contribution in [-0.2, 0) is 13.0 Å². The second-order valence-corrected chi connectivity index (χ2v) is 6.63. The molecule has 0 radical (unpaired) electrons. The standard InChI is InChI=1S/C21H27N3O2/c1-15(2)26-19-11-10-16(13-20(19)25-3)14-22-12-6-9-21-23-17-7-4-5-8-18(17)24-21/h4-5,7-8,10-11,13,15,22H,6,9,12,14H2,1-3H3,(H,23,24). The van der Waals surface area contributed by atoms with Crippen molar-refractivity contribution < 1.29 is 9.47 Å². The van der Waals surface area contributed by atoms with Crippen LogP contribution in [0.25, 0.3) is 11.0 Å². The van der Waals surface area contributed by atoms with Gasteiger partial charge in [0.15, 0.2) is 11.5 Å². The van der Waals surface area contributed by atoms with Crippen LogP contribution in [0.2, 0.25) is 0 Å². The lowest BCUT2D eigenvalue weighted by atomic mass is 10.2. The van der Waals surface area contributed by atoms with Crippen molar-refractivity contribution in [2.24, 2.45) is 0 Å². The van der Waals surface area contributed by atoms with Crippen LogP contribution in [0.15, 0.2) is 42.5 Å². The van der Waals surface area contributed by atoms with Crippen LogP contribution in [-0.4, -0.2) is 29.7 Å². The quantitative estimate of drug-likeness (QED) is 0.569. The SMILES string of the molecule is COc1cc(CNCCCc2nc3ccccc3[nH]2)ccc1OC(C)C. The predicted molar refractivity (Wildman–Crippen MR) is 105 cm³/mol. The summed E-state index contributed by atoms with van der Waals surface area (Å²) in [5, 5.41) is 3.48. The zero-order valence-corrected chi connectivity index (χ0v) is 15.7. The lowest BCUT2D eigenvalue weighted by Crippen LogP contribution is -2.15. The van der Waals surface area contributed by atoms with Gasteiger partial charge >= 0.3 is 0 Å². The van der Waals surface area contributed by atoms with Gasteiger partial charge in [-0.1, -0.05) is 18.2 Å². The summed E-state index contributed by atoms with van der Waals surface area (Å²) in [4.78, 5) is 7.98. The van der Waals surface area contributed by atoms with Crippen molar-refractivity contribution in [2.75, 3.05) is 13.7 Å². The Kier molecular flexibility index (Phi) is 6.12. The largest absolute Gasteiger partial charge is 0.493 e. The van der Waals surface area contributed by atoms with Crippen molar-refractivity contribution in [3.05, 3.63) is 53.9 Å². The molecule has 2 aromatic carbocycles. The summed E-state index contributed by atoms with van der Waals surface area (Å²) in [6.07, 6.45) is 2.10. The Bertz CT molecular complexity index is 809. The van der Waals surface area contributed by atoms with Crippen LogP contribution in [0.5, 0.6) is 11.5 Å². The van der Waals surface area contributed by atoms with Crippen molar-refractivity contribution in [3.63, 3.8) is 0 Å². The molecule has 0 aliphatic rings. The Morgan fingerprint density at radius 1 is 1.12 bits per heavy atom. The topological polar surface area (TPSA) is 59.2 Å². The van der Waals surface area contributed by atoms with E-state index >= 15 is 0 Å². The average molecular weight is 353 g/mol. The molecule has 1 heterocycles. The molecule has 3 rings (SSSR count). The maximum atomic E-state index is 5.75. The van der Waals surface area contributed by atoms with Crippen LogP contribution >= 0.6 is 0 Å². The zero-order valence-electron chi connectivity index (χ0n) is 15.7. The smallest absolute Gasteiger partial charge is 0.161 e. The second-order valence-electron chi connectivity index (χ2n) is 6.63. The molecule has 5 heteroatoms. The number of aromatic amines is 1. The van der Waals surface area contributed by atoms with Crippen molar-refractivity contribution in [3.8, 4) is 11.5 Å². The van der Waals surface area contributed by atoms with Gasteiger partial charge in [0, 0.05) is 13.0 Å². The number of nitrogens with zero attached hydrogens (tertiary/aromatic N) is 1. The summed E-state index contributed by atoms with van der Waals surface area (Å²) in [5.41, 5.74) is 3.32. The first kappa shape index (κ1) is 18.3. The molecule has 0 saturated heterocycles. The van der Waals surface area contributed by atoms with Gasteiger partial charge < -0.3 is 19.8 Å². The molecule has 138 valence electrons. The minimum Gasteiger partial charge on any atom is -0.493 e. The first-order valence-corrected chi connectivity index (χ1v) is 9.13. The van der Waals surface area contributed by atoms with Crippen LogP contribution < -0.4 is 14.8 Å². The number of nitrogens with one attached hydrogen (secondary N) is 2. The van der Waals surface area contributed by atoms with E-state index in [1.807, 2.05) is 44.2 Å². The summed E-state index contributed by atoms with van der Waals surface area (Å²) in [6.45, 7) is 5.76. The minimum absolute atomic E-state index is 0.131. The van der Waals surface area contributed by atoms with Gasteiger partial charge in [0.25, 0.3) is 0 Å². The van der Waals surface area contributed by atoms with Crippen LogP contribution in [0.3, 0.4) is 0 Å². The third-order valence-electron chi connectivity index (χ3n) is 4.13. The first-order valence-electron chi connectivity index (χ1n) is 9.13. The second kappa shape index (κ2) is 8.72. The summed E-state index contributed by atoms with van der Waals surface area (Å²) in [5.74, 6) is 2.61. The fraction of sp³-hybridized carbons (Fsp3) is 0.381. The van der Waals surface area contributed by atoms with Crippen LogP contribution in [0.1, 0.15) is 31.7 Å². The Morgan fingerprint density at radius 2 is 1.96 bits per heavy atom. The van der Waals surface area contributed by atoms with E-state index in [9.17, 15) is 0 Å². The molecule has 5 nitrogen and oxygen atoms in total. The third-order valence-corrected chi connectivity index (χ3v) is 4.13. The molecule has 0 amide bonds. The molecule has 0 atom stereocenters. The van der Waals surface area contributed by atoms with Gasteiger partial charge in [0.1, 0.15) is 5.82 Å². The predicted octanol–water partition coefficient (Wildman–Crippen LogP) is 4.08. The maximum Gasteiger partial charge on any atom is 0.161 e. The molecule has 0 aliphatic carbocycles. The Morgan fingerprint density at radius 3 is 2.73 bits per heavy atom. The van der Waals surface area contributed by atoms with Crippen molar-refractivity contribution in [2.45, 2.75) is 39.3 Å². The number of imidazole rings is 1. The molecule has 0 spiro atoms. The van der Waals surface area contributed by atoms with Gasteiger partial charge in [0.2, 0.25) is 0 Å². The minimum atomic E-state index is 0.131. The Labute approximate surface area is 154 Å². The summed E-state index contributed by atoms with van der Waals surface area (Å²) < 4.78 is 11.2. The number of para-hydroxylation sites is 2. The van der Waals surface area contributed by atoms with Gasteiger partial charge in [-0.3, -0.25) is 0 Å². The molecular formula is C21H27N3O2. The lowest BCUT2D eigenvalue weighted by molar-refractivity contribution is 0.230. The van der Waals surface area contributed by atoms with E-state index in [1.165, 1.54) is 5.56 Å². The van der Waals surface area contributed by atoms with E-state index in [1.54, 1.807) is 7.11 Å². The highest BCUT2D eigenvalue weighted by Gasteiger charge is 2.07. The molecule has 0 aliphatic heterocycles. The molecule has 0 bridgehead atoms. The molecule has 2 N–H and O–H groups in total. The summed E-state index contributed by atoms with van der Waals surface area (Å²) in [7, 11) is 1.67. The van der Waals surface area contributed by atoms with E-state index in [0.29, 0.717) is 0 Å². The number of hydrogen-bond acceptors (Lipinski definition) is 4. The zero-order chi connectivity index (χ0) is 18.4. The number of aromatic nitrogens is 2. The first-order chi connectivity index (χ1) is 12.7. The monoisotopic (exact) mass is 353 g/mol. The van der Waals surface area contributed by atoms with Gasteiger partial charge in [-0.15, -0.1) is 0 Å². The van der Waals surface area contributed by atoms with Crippen LogP contribution in [0, 0.1) is 0 Å². The number of fused-ring (bicyclic) bond motifs is 1. The summed E-state index contributed by atoms with van der Waals surface area (Å²) >= 11 is 0. The average Bonchev–Trinajstić information content (AvgIpc) is 3.04. The maximum absolute atomic E-state index is 5.75. The number of H-pyrrole nitrogens is 1. The van der Waals surface area contributed by atoms with Gasteiger partial charge in [-0.2, -0.15) is 0 Å². The van der Waals surface area contributed by atoms with E-state index in [0.717, 1.165) is 54.3 Å². The molecule has 0 saturated carbocycles. The molecule has 1 aromatic heterocycles. The molecule has 0 fully saturated rings. The number of hydrogen-bond donors (Lipinski definition) is 2. The molecular weight excluding hydrogens is 326 g/mol. The number of benzene rings is 2. The molecule has 3 aromatic rings. The third kappa shape index (κ3) is 4.76. The number of rotatable bonds is 9. The highest BCUT2D eigenvalue weighted by molar-refractivity contribution is 5.74. The highest BCUT2D eigenvalue weighted by Crippen LogP contribution is 2.28. The number of ether oxygens (including phenoxy) is 2. The Hall–Kier alpha value is -2.53. The van der Waals surface area contributed by atoms with E-state index in [2.05, 4.69) is 27.4 Å². The number of aryl methyl sites for hydroxylation is 1. The fourth-order valence-corrected chi connectivity index (χ4v) is 2.91. The molecule has 0 unspecified atom stereocenters. The van der Waals surface area contributed by atoms with Crippen molar-refractivity contribution >= 4 is 11.0 Å². The summed E-state index contributed by atoms with van der Waals surface area (Å²) in [6, 6.07) is 14.2. The number of methoxy groups -OCH3 is 1.